The molecule has 0 bridgehead atoms. The number of hydrogen-bond acceptors (Lipinski definition) is 3. The molecule has 1 aliphatic heterocycles. The summed E-state index contributed by atoms with van der Waals surface area (Å²) in [7, 11) is 1.94. The minimum Gasteiger partial charge on any atom is -0.346 e. The van der Waals surface area contributed by atoms with Crippen LogP contribution < -0.4 is 10.2 Å². The van der Waals surface area contributed by atoms with Crippen molar-refractivity contribution >= 4 is 28.5 Å². The zero-order valence-corrected chi connectivity index (χ0v) is 17.3. The number of nitrogens with one attached hydrogen (secondary N) is 1. The number of imidazole rings is 1. The number of halogens is 1. The maximum Gasteiger partial charge on any atom is 0.227 e. The SMILES string of the molecule is CC(C)[C@H](NC(=O)[C@@H]1CC(=O)N(c2ccccc2F)C1)c1nc2ccccc2n1C. The molecule has 1 N–H and O–H groups in total. The summed E-state index contributed by atoms with van der Waals surface area (Å²) in [6.07, 6.45) is 0.0630. The number of rotatable bonds is 5. The molecule has 1 saturated heterocycles. The number of hydrogen-bond donors (Lipinski definition) is 1. The number of aromatic nitrogens is 2. The van der Waals surface area contributed by atoms with Crippen LogP contribution in [0.3, 0.4) is 0 Å². The third-order valence-electron chi connectivity index (χ3n) is 5.70. The molecule has 2 aromatic carbocycles. The average molecular weight is 408 g/mol. The lowest BCUT2D eigenvalue weighted by Gasteiger charge is -2.24. The van der Waals surface area contributed by atoms with Gasteiger partial charge in [-0.2, -0.15) is 0 Å². The van der Waals surface area contributed by atoms with Gasteiger partial charge in [-0.25, -0.2) is 9.37 Å². The van der Waals surface area contributed by atoms with E-state index in [1.54, 1.807) is 18.2 Å². The number of anilines is 1. The first-order valence-electron chi connectivity index (χ1n) is 10.1. The van der Waals surface area contributed by atoms with E-state index in [1.807, 2.05) is 49.7 Å². The highest BCUT2D eigenvalue weighted by Gasteiger charge is 2.37. The van der Waals surface area contributed by atoms with Gasteiger partial charge in [0.15, 0.2) is 0 Å². The molecule has 1 aromatic heterocycles. The van der Waals surface area contributed by atoms with E-state index in [4.69, 9.17) is 4.98 Å². The molecular weight excluding hydrogens is 383 g/mol. The highest BCUT2D eigenvalue weighted by Crippen LogP contribution is 2.29. The van der Waals surface area contributed by atoms with Crippen LogP contribution in [-0.4, -0.2) is 27.9 Å². The molecule has 156 valence electrons. The molecule has 2 heterocycles. The lowest BCUT2D eigenvalue weighted by Crippen LogP contribution is -2.38. The van der Waals surface area contributed by atoms with E-state index in [-0.39, 0.29) is 42.4 Å². The third-order valence-corrected chi connectivity index (χ3v) is 5.70. The van der Waals surface area contributed by atoms with Gasteiger partial charge in [0.25, 0.3) is 0 Å². The quantitative estimate of drug-likeness (QED) is 0.702. The Morgan fingerprint density at radius 3 is 2.57 bits per heavy atom. The number of para-hydroxylation sites is 3. The molecule has 0 spiro atoms. The summed E-state index contributed by atoms with van der Waals surface area (Å²) in [5, 5.41) is 3.09. The maximum absolute atomic E-state index is 14.1. The van der Waals surface area contributed by atoms with Crippen molar-refractivity contribution in [3.63, 3.8) is 0 Å². The lowest BCUT2D eigenvalue weighted by atomic mass is 10.0. The van der Waals surface area contributed by atoms with E-state index >= 15 is 0 Å². The summed E-state index contributed by atoms with van der Waals surface area (Å²) in [4.78, 5) is 31.6. The Hall–Kier alpha value is -3.22. The van der Waals surface area contributed by atoms with Gasteiger partial charge < -0.3 is 14.8 Å². The van der Waals surface area contributed by atoms with Gasteiger partial charge in [-0.1, -0.05) is 38.1 Å². The van der Waals surface area contributed by atoms with Gasteiger partial charge in [-0.05, 0) is 30.2 Å². The van der Waals surface area contributed by atoms with E-state index in [0.29, 0.717) is 0 Å². The van der Waals surface area contributed by atoms with Crippen molar-refractivity contribution in [2.24, 2.45) is 18.9 Å². The van der Waals surface area contributed by atoms with Crippen LogP contribution in [0.2, 0.25) is 0 Å². The zero-order valence-electron chi connectivity index (χ0n) is 17.3. The normalized spacial score (nSPS) is 17.7. The molecule has 3 aromatic rings. The Balaban J connectivity index is 1.55. The van der Waals surface area contributed by atoms with Crippen LogP contribution in [-0.2, 0) is 16.6 Å². The standard InChI is InChI=1S/C23H25FN4O2/c1-14(2)21(22-25-17-9-5-7-11-19(17)27(22)3)26-23(30)15-12-20(29)28(13-15)18-10-6-4-8-16(18)24/h4-11,14-15,21H,12-13H2,1-3H3,(H,26,30)/t15-,21+/m1/s1. The van der Waals surface area contributed by atoms with Crippen molar-refractivity contribution in [2.75, 3.05) is 11.4 Å². The van der Waals surface area contributed by atoms with Gasteiger partial charge in [0, 0.05) is 20.0 Å². The predicted molar refractivity (Wildman–Crippen MR) is 113 cm³/mol. The van der Waals surface area contributed by atoms with E-state index < -0.39 is 11.7 Å². The first-order valence-corrected chi connectivity index (χ1v) is 10.1. The van der Waals surface area contributed by atoms with Crippen LogP contribution in [0.15, 0.2) is 48.5 Å². The average Bonchev–Trinajstić information content (AvgIpc) is 3.27. The molecule has 0 unspecified atom stereocenters. The lowest BCUT2D eigenvalue weighted by molar-refractivity contribution is -0.127. The molecule has 0 radical (unpaired) electrons. The zero-order chi connectivity index (χ0) is 21.4. The fourth-order valence-corrected chi connectivity index (χ4v) is 4.03. The van der Waals surface area contributed by atoms with Crippen LogP contribution in [0.4, 0.5) is 10.1 Å². The molecule has 2 amide bonds. The number of benzene rings is 2. The molecule has 1 fully saturated rings. The molecule has 2 atom stereocenters. The van der Waals surface area contributed by atoms with Crippen LogP contribution in [0.25, 0.3) is 11.0 Å². The minimum atomic E-state index is -0.534. The topological polar surface area (TPSA) is 67.2 Å². The molecule has 0 aliphatic carbocycles. The summed E-state index contributed by atoms with van der Waals surface area (Å²) in [5.41, 5.74) is 2.08. The van der Waals surface area contributed by atoms with E-state index in [0.717, 1.165) is 16.9 Å². The molecule has 7 heteroatoms. The Morgan fingerprint density at radius 2 is 1.87 bits per heavy atom. The van der Waals surface area contributed by atoms with Gasteiger partial charge >= 0.3 is 0 Å². The number of fused-ring (bicyclic) bond motifs is 1. The van der Waals surface area contributed by atoms with Gasteiger partial charge in [0.1, 0.15) is 11.6 Å². The van der Waals surface area contributed by atoms with Gasteiger partial charge in [-0.3, -0.25) is 9.59 Å². The summed E-state index contributed by atoms with van der Waals surface area (Å²) in [5.74, 6) is -0.587. The van der Waals surface area contributed by atoms with Crippen molar-refractivity contribution in [3.05, 3.63) is 60.2 Å². The number of amides is 2. The Morgan fingerprint density at radius 1 is 1.17 bits per heavy atom. The second kappa shape index (κ2) is 7.89. The second-order valence-electron chi connectivity index (χ2n) is 8.10. The first-order chi connectivity index (χ1) is 14.4. The predicted octanol–water partition coefficient (Wildman–Crippen LogP) is 3.58. The van der Waals surface area contributed by atoms with Crippen LogP contribution >= 0.6 is 0 Å². The highest BCUT2D eigenvalue weighted by molar-refractivity contribution is 6.00. The summed E-state index contributed by atoms with van der Waals surface area (Å²) >= 11 is 0. The van der Waals surface area contributed by atoms with Gasteiger partial charge in [-0.15, -0.1) is 0 Å². The highest BCUT2D eigenvalue weighted by atomic mass is 19.1. The number of nitrogens with zero attached hydrogens (tertiary/aromatic N) is 3. The van der Waals surface area contributed by atoms with Gasteiger partial charge in [0.2, 0.25) is 11.8 Å². The summed E-state index contributed by atoms with van der Waals surface area (Å²) in [6, 6.07) is 13.7. The second-order valence-corrected chi connectivity index (χ2v) is 8.10. The van der Waals surface area contributed by atoms with Crippen LogP contribution in [0, 0.1) is 17.7 Å². The van der Waals surface area contributed by atoms with Crippen molar-refractivity contribution in [2.45, 2.75) is 26.3 Å². The Kier molecular flexibility index (Phi) is 5.28. The van der Waals surface area contributed by atoms with Crippen molar-refractivity contribution < 1.29 is 14.0 Å². The summed E-state index contributed by atoms with van der Waals surface area (Å²) in [6.45, 7) is 4.21. The van der Waals surface area contributed by atoms with Crippen LogP contribution in [0.1, 0.15) is 32.1 Å². The van der Waals surface area contributed by atoms with E-state index in [2.05, 4.69) is 5.32 Å². The third kappa shape index (κ3) is 3.56. The Bertz CT molecular complexity index is 1110. The molecule has 0 saturated carbocycles. The van der Waals surface area contributed by atoms with Crippen molar-refractivity contribution in [1.29, 1.82) is 0 Å². The monoisotopic (exact) mass is 408 g/mol. The molecule has 1 aliphatic rings. The van der Waals surface area contributed by atoms with Crippen LogP contribution in [0.5, 0.6) is 0 Å². The number of carbonyl (C=O) groups excluding carboxylic acids is 2. The Labute approximate surface area is 174 Å². The summed E-state index contributed by atoms with van der Waals surface area (Å²) < 4.78 is 16.1. The van der Waals surface area contributed by atoms with Gasteiger partial charge in [0.05, 0.1) is 28.7 Å². The fourth-order valence-electron chi connectivity index (χ4n) is 4.03. The molecule has 4 rings (SSSR count). The van der Waals surface area contributed by atoms with E-state index in [1.165, 1.54) is 11.0 Å². The molecule has 30 heavy (non-hydrogen) atoms. The largest absolute Gasteiger partial charge is 0.346 e. The molecular formula is C23H25FN4O2. The van der Waals surface area contributed by atoms with E-state index in [9.17, 15) is 14.0 Å². The maximum atomic E-state index is 14.1. The fraction of sp³-hybridized carbons (Fsp3) is 0.348. The smallest absolute Gasteiger partial charge is 0.227 e. The number of aryl methyl sites for hydroxylation is 1. The van der Waals surface area contributed by atoms with Crippen molar-refractivity contribution in [3.8, 4) is 0 Å². The van der Waals surface area contributed by atoms with Crippen molar-refractivity contribution in [1.82, 2.24) is 14.9 Å². The number of carbonyl (C=O) groups is 2. The minimum absolute atomic E-state index is 0.0630. The first kappa shape index (κ1) is 20.1. The molecule has 6 nitrogen and oxygen atoms in total.